The molecule has 5 heteroatoms. The van der Waals surface area contributed by atoms with Crippen LogP contribution in [0.15, 0.2) is 18.2 Å². The number of aliphatic carboxylic acids is 1. The maximum absolute atomic E-state index is 11.0. The zero-order valence-electron chi connectivity index (χ0n) is 9.80. The second-order valence-electron chi connectivity index (χ2n) is 4.59. The van der Waals surface area contributed by atoms with E-state index in [2.05, 4.69) is 0 Å². The lowest BCUT2D eigenvalue weighted by Gasteiger charge is -2.12. The van der Waals surface area contributed by atoms with Crippen molar-refractivity contribution < 1.29 is 24.1 Å². The van der Waals surface area contributed by atoms with Crippen molar-refractivity contribution in [2.24, 2.45) is 5.92 Å². The van der Waals surface area contributed by atoms with Gasteiger partial charge < -0.3 is 19.3 Å². The fourth-order valence-electron chi connectivity index (χ4n) is 2.02. The molecule has 1 aromatic carbocycles. The minimum Gasteiger partial charge on any atom is -0.479 e. The fourth-order valence-corrected chi connectivity index (χ4v) is 2.02. The Morgan fingerprint density at radius 1 is 1.39 bits per heavy atom. The van der Waals surface area contributed by atoms with E-state index < -0.39 is 12.1 Å². The largest absolute Gasteiger partial charge is 0.479 e. The summed E-state index contributed by atoms with van der Waals surface area (Å²) in [6, 6.07) is 5.50. The number of ether oxygens (including phenoxy) is 3. The van der Waals surface area contributed by atoms with Gasteiger partial charge in [0, 0.05) is 0 Å². The van der Waals surface area contributed by atoms with E-state index in [1.54, 1.807) is 0 Å². The summed E-state index contributed by atoms with van der Waals surface area (Å²) in [4.78, 5) is 11.0. The van der Waals surface area contributed by atoms with Crippen LogP contribution in [-0.2, 0) is 16.1 Å². The van der Waals surface area contributed by atoms with Crippen molar-refractivity contribution >= 4 is 5.97 Å². The highest BCUT2D eigenvalue weighted by molar-refractivity contribution is 5.73. The standard InChI is InChI=1S/C13H14O5/c14-13(15)12(9-2-3-9)16-6-8-1-4-10-11(5-8)18-7-17-10/h1,4-5,9,12H,2-3,6-7H2,(H,14,15). The van der Waals surface area contributed by atoms with Gasteiger partial charge in [0.05, 0.1) is 6.61 Å². The highest BCUT2D eigenvalue weighted by Crippen LogP contribution is 2.36. The minimum atomic E-state index is -0.877. The molecule has 0 saturated heterocycles. The summed E-state index contributed by atoms with van der Waals surface area (Å²) in [6.07, 6.45) is 1.20. The van der Waals surface area contributed by atoms with E-state index in [0.29, 0.717) is 5.75 Å². The van der Waals surface area contributed by atoms with Crippen LogP contribution in [0.5, 0.6) is 11.5 Å². The quantitative estimate of drug-likeness (QED) is 0.863. The minimum absolute atomic E-state index is 0.177. The van der Waals surface area contributed by atoms with Gasteiger partial charge in [-0.15, -0.1) is 0 Å². The van der Waals surface area contributed by atoms with Crippen LogP contribution in [0.25, 0.3) is 0 Å². The van der Waals surface area contributed by atoms with E-state index in [9.17, 15) is 4.79 Å². The summed E-state index contributed by atoms with van der Waals surface area (Å²) >= 11 is 0. The van der Waals surface area contributed by atoms with Crippen LogP contribution in [0.4, 0.5) is 0 Å². The van der Waals surface area contributed by atoms with Crippen molar-refractivity contribution in [3.63, 3.8) is 0 Å². The first-order valence-corrected chi connectivity index (χ1v) is 5.97. The van der Waals surface area contributed by atoms with Gasteiger partial charge in [0.25, 0.3) is 0 Å². The van der Waals surface area contributed by atoms with Crippen LogP contribution in [-0.4, -0.2) is 24.0 Å². The number of hydrogen-bond donors (Lipinski definition) is 1. The lowest BCUT2D eigenvalue weighted by Crippen LogP contribution is -2.25. The van der Waals surface area contributed by atoms with Crippen LogP contribution in [0.1, 0.15) is 18.4 Å². The molecule has 1 saturated carbocycles. The molecule has 2 aliphatic rings. The molecule has 18 heavy (non-hydrogen) atoms. The third-order valence-corrected chi connectivity index (χ3v) is 3.16. The normalized spacial score (nSPS) is 18.7. The Morgan fingerprint density at radius 2 is 2.17 bits per heavy atom. The smallest absolute Gasteiger partial charge is 0.333 e. The molecule has 0 radical (unpaired) electrons. The first kappa shape index (κ1) is 11.3. The SMILES string of the molecule is O=C(O)C(OCc1ccc2c(c1)OCO2)C1CC1. The molecular formula is C13H14O5. The van der Waals surface area contributed by atoms with E-state index in [-0.39, 0.29) is 19.3 Å². The number of hydrogen-bond acceptors (Lipinski definition) is 4. The topological polar surface area (TPSA) is 65.0 Å². The summed E-state index contributed by atoms with van der Waals surface area (Å²) < 4.78 is 15.9. The summed E-state index contributed by atoms with van der Waals surface area (Å²) in [5, 5.41) is 9.05. The Morgan fingerprint density at radius 3 is 2.89 bits per heavy atom. The third kappa shape index (κ3) is 2.26. The van der Waals surface area contributed by atoms with Gasteiger partial charge in [-0.2, -0.15) is 0 Å². The van der Waals surface area contributed by atoms with E-state index in [0.717, 1.165) is 24.2 Å². The molecule has 1 aromatic rings. The number of carboxylic acid groups (broad SMARTS) is 1. The Bertz CT molecular complexity index is 466. The second-order valence-corrected chi connectivity index (χ2v) is 4.59. The molecule has 96 valence electrons. The van der Waals surface area contributed by atoms with Gasteiger partial charge in [0.15, 0.2) is 17.6 Å². The Labute approximate surface area is 104 Å². The van der Waals surface area contributed by atoms with Gasteiger partial charge in [-0.1, -0.05) is 6.07 Å². The van der Waals surface area contributed by atoms with Crippen LogP contribution < -0.4 is 9.47 Å². The number of fused-ring (bicyclic) bond motifs is 1. The summed E-state index contributed by atoms with van der Waals surface area (Å²) in [5.74, 6) is 0.708. The highest BCUT2D eigenvalue weighted by Gasteiger charge is 2.37. The molecule has 5 nitrogen and oxygen atoms in total. The highest BCUT2D eigenvalue weighted by atomic mass is 16.7. The molecule has 1 aliphatic heterocycles. The molecule has 0 spiro atoms. The Balaban J connectivity index is 1.64. The molecule has 3 rings (SSSR count). The van der Waals surface area contributed by atoms with Crippen molar-refractivity contribution in [2.75, 3.05) is 6.79 Å². The van der Waals surface area contributed by atoms with Crippen LogP contribution in [0.3, 0.4) is 0 Å². The Kier molecular flexibility index (Phi) is 2.83. The molecule has 0 amide bonds. The third-order valence-electron chi connectivity index (χ3n) is 3.16. The molecule has 1 heterocycles. The first-order valence-electron chi connectivity index (χ1n) is 5.97. The molecule has 1 unspecified atom stereocenters. The fraction of sp³-hybridized carbons (Fsp3) is 0.462. The average molecular weight is 250 g/mol. The maximum atomic E-state index is 11.0. The number of rotatable bonds is 5. The zero-order valence-corrected chi connectivity index (χ0v) is 9.80. The van der Waals surface area contributed by atoms with Crippen molar-refractivity contribution in [1.29, 1.82) is 0 Å². The van der Waals surface area contributed by atoms with Crippen molar-refractivity contribution in [2.45, 2.75) is 25.6 Å². The van der Waals surface area contributed by atoms with Gasteiger partial charge in [0.1, 0.15) is 0 Å². The van der Waals surface area contributed by atoms with E-state index in [1.165, 1.54) is 0 Å². The molecule has 0 aromatic heterocycles. The monoisotopic (exact) mass is 250 g/mol. The van der Waals surface area contributed by atoms with Gasteiger partial charge in [-0.3, -0.25) is 0 Å². The van der Waals surface area contributed by atoms with Gasteiger partial charge in [-0.25, -0.2) is 4.79 Å². The molecule has 0 bridgehead atoms. The summed E-state index contributed by atoms with van der Waals surface area (Å²) in [5.41, 5.74) is 0.895. The first-order chi connectivity index (χ1) is 8.74. The van der Waals surface area contributed by atoms with E-state index in [1.807, 2.05) is 18.2 Å². The van der Waals surface area contributed by atoms with Crippen LogP contribution in [0, 0.1) is 5.92 Å². The van der Waals surface area contributed by atoms with Crippen molar-refractivity contribution in [3.8, 4) is 11.5 Å². The molecular weight excluding hydrogens is 236 g/mol. The number of carbonyl (C=O) groups is 1. The lowest BCUT2D eigenvalue weighted by molar-refractivity contribution is -0.152. The van der Waals surface area contributed by atoms with Crippen LogP contribution >= 0.6 is 0 Å². The molecule has 1 atom stereocenters. The predicted molar refractivity (Wildman–Crippen MR) is 61.5 cm³/mol. The second kappa shape index (κ2) is 4.49. The van der Waals surface area contributed by atoms with Gasteiger partial charge >= 0.3 is 5.97 Å². The van der Waals surface area contributed by atoms with Gasteiger partial charge in [-0.05, 0) is 36.5 Å². The number of carboxylic acids is 1. The van der Waals surface area contributed by atoms with E-state index in [4.69, 9.17) is 19.3 Å². The summed E-state index contributed by atoms with van der Waals surface area (Å²) in [7, 11) is 0. The van der Waals surface area contributed by atoms with Crippen LogP contribution in [0.2, 0.25) is 0 Å². The number of benzene rings is 1. The van der Waals surface area contributed by atoms with Gasteiger partial charge in [0.2, 0.25) is 6.79 Å². The molecule has 1 aliphatic carbocycles. The lowest BCUT2D eigenvalue weighted by atomic mass is 10.2. The Hall–Kier alpha value is -1.75. The van der Waals surface area contributed by atoms with E-state index >= 15 is 0 Å². The maximum Gasteiger partial charge on any atom is 0.333 e. The summed E-state index contributed by atoms with van der Waals surface area (Å²) in [6.45, 7) is 0.517. The predicted octanol–water partition coefficient (Wildman–Crippen LogP) is 1.80. The van der Waals surface area contributed by atoms with Crippen molar-refractivity contribution in [3.05, 3.63) is 23.8 Å². The van der Waals surface area contributed by atoms with Crippen molar-refractivity contribution in [1.82, 2.24) is 0 Å². The average Bonchev–Trinajstić information content (AvgIpc) is 3.07. The molecule has 1 fully saturated rings. The molecule has 1 N–H and O–H groups in total. The zero-order chi connectivity index (χ0) is 12.5.